The van der Waals surface area contributed by atoms with Crippen LogP contribution in [0.1, 0.15) is 13.3 Å². The minimum absolute atomic E-state index is 0.0856. The van der Waals surface area contributed by atoms with E-state index in [4.69, 9.17) is 0 Å². The van der Waals surface area contributed by atoms with Crippen LogP contribution in [0.5, 0.6) is 0 Å². The number of amides is 1. The molecule has 1 amide bonds. The number of hydrogen-bond donors (Lipinski definition) is 1. The predicted molar refractivity (Wildman–Crippen MR) is 70.9 cm³/mol. The van der Waals surface area contributed by atoms with Gasteiger partial charge in [0.2, 0.25) is 10.0 Å². The Morgan fingerprint density at radius 1 is 1.58 bits per heavy atom. The highest BCUT2D eigenvalue weighted by atomic mass is 32.2. The van der Waals surface area contributed by atoms with E-state index < -0.39 is 40.9 Å². The van der Waals surface area contributed by atoms with Crippen molar-refractivity contribution in [1.82, 2.24) is 9.62 Å². The first-order valence-corrected chi connectivity index (χ1v) is 8.88. The van der Waals surface area contributed by atoms with Crippen LogP contribution in [0.2, 0.25) is 0 Å². The summed E-state index contributed by atoms with van der Waals surface area (Å²) < 4.78 is 50.6. The van der Waals surface area contributed by atoms with E-state index in [2.05, 4.69) is 0 Å². The summed E-state index contributed by atoms with van der Waals surface area (Å²) in [6.07, 6.45) is 2.03. The lowest BCUT2D eigenvalue weighted by atomic mass is 10.2. The summed E-state index contributed by atoms with van der Waals surface area (Å²) >= 11 is 1.50. The Labute approximate surface area is 116 Å². The second-order valence-corrected chi connectivity index (χ2v) is 7.81. The Morgan fingerprint density at radius 2 is 2.16 bits per heavy atom. The van der Waals surface area contributed by atoms with Gasteiger partial charge in [-0.3, -0.25) is 14.4 Å². The van der Waals surface area contributed by atoms with Crippen LogP contribution in [0.3, 0.4) is 0 Å². The van der Waals surface area contributed by atoms with Crippen LogP contribution in [-0.2, 0) is 14.8 Å². The number of halogens is 2. The second kappa shape index (κ2) is 5.92. The van der Waals surface area contributed by atoms with Gasteiger partial charge in [-0.05, 0) is 6.26 Å². The minimum atomic E-state index is -3.73. The quantitative estimate of drug-likeness (QED) is 0.801. The van der Waals surface area contributed by atoms with Gasteiger partial charge in [0.1, 0.15) is 0 Å². The van der Waals surface area contributed by atoms with Gasteiger partial charge in [-0.25, -0.2) is 17.2 Å². The van der Waals surface area contributed by atoms with Crippen molar-refractivity contribution in [2.24, 2.45) is 0 Å². The van der Waals surface area contributed by atoms with Gasteiger partial charge >= 0.3 is 0 Å². The Bertz CT molecular complexity index is 442. The average Bonchev–Trinajstić information content (AvgIpc) is 2.51. The molecule has 1 N–H and O–H groups in total. The highest BCUT2D eigenvalue weighted by molar-refractivity contribution is 7.99. The van der Waals surface area contributed by atoms with Crippen LogP contribution in [0.15, 0.2) is 0 Å². The summed E-state index contributed by atoms with van der Waals surface area (Å²) in [5, 5.41) is 0.0856. The van der Waals surface area contributed by atoms with Gasteiger partial charge in [0.15, 0.2) is 0 Å². The molecule has 0 spiro atoms. The third-order valence-electron chi connectivity index (χ3n) is 2.85. The summed E-state index contributed by atoms with van der Waals surface area (Å²) in [6.45, 7) is 1.67. The van der Waals surface area contributed by atoms with Gasteiger partial charge in [-0.15, -0.1) is 0 Å². The Morgan fingerprint density at radius 3 is 2.63 bits per heavy atom. The molecule has 1 rings (SSSR count). The van der Waals surface area contributed by atoms with E-state index in [1.165, 1.54) is 16.7 Å². The van der Waals surface area contributed by atoms with Crippen molar-refractivity contribution < 1.29 is 22.0 Å². The van der Waals surface area contributed by atoms with Crippen LogP contribution < -0.4 is 4.72 Å². The van der Waals surface area contributed by atoms with Crippen LogP contribution >= 0.6 is 11.8 Å². The lowest BCUT2D eigenvalue weighted by Gasteiger charge is -2.24. The maximum Gasteiger partial charge on any atom is 0.262 e. The van der Waals surface area contributed by atoms with Crippen molar-refractivity contribution in [2.45, 2.75) is 30.6 Å². The van der Waals surface area contributed by atoms with Crippen molar-refractivity contribution >= 4 is 27.7 Å². The highest BCUT2D eigenvalue weighted by Crippen LogP contribution is 2.32. The third-order valence-corrected chi connectivity index (χ3v) is 4.38. The SMILES string of the molecule is CSC(C)CN1CC(F)(F)CC1C(=O)NS(C)(=O)=O. The molecule has 0 saturated carbocycles. The van der Waals surface area contributed by atoms with E-state index in [1.807, 2.05) is 13.2 Å². The zero-order valence-corrected chi connectivity index (χ0v) is 12.7. The van der Waals surface area contributed by atoms with E-state index in [0.717, 1.165) is 6.26 Å². The number of likely N-dealkylation sites (tertiary alicyclic amines) is 1. The van der Waals surface area contributed by atoms with Crippen LogP contribution in [0.25, 0.3) is 0 Å². The van der Waals surface area contributed by atoms with Crippen LogP contribution in [-0.4, -0.2) is 62.0 Å². The number of alkyl halides is 2. The van der Waals surface area contributed by atoms with E-state index in [0.29, 0.717) is 6.54 Å². The molecule has 19 heavy (non-hydrogen) atoms. The molecule has 0 aromatic rings. The van der Waals surface area contributed by atoms with Gasteiger partial charge in [0.05, 0.1) is 18.8 Å². The van der Waals surface area contributed by atoms with Gasteiger partial charge in [-0.1, -0.05) is 6.92 Å². The number of thioether (sulfide) groups is 1. The molecular formula is C10H18F2N2O3S2. The summed E-state index contributed by atoms with van der Waals surface area (Å²) in [5.74, 6) is -3.84. The molecule has 0 aliphatic carbocycles. The van der Waals surface area contributed by atoms with Crippen molar-refractivity contribution in [2.75, 3.05) is 25.6 Å². The fourth-order valence-electron chi connectivity index (χ4n) is 1.99. The smallest absolute Gasteiger partial charge is 0.262 e. The molecule has 5 nitrogen and oxygen atoms in total. The van der Waals surface area contributed by atoms with Crippen molar-refractivity contribution in [3.63, 3.8) is 0 Å². The third kappa shape index (κ3) is 5.23. The first-order valence-electron chi connectivity index (χ1n) is 5.70. The lowest BCUT2D eigenvalue weighted by molar-refractivity contribution is -0.123. The van der Waals surface area contributed by atoms with Gasteiger partial charge < -0.3 is 0 Å². The molecule has 112 valence electrons. The number of carbonyl (C=O) groups is 1. The molecule has 1 heterocycles. The number of nitrogens with one attached hydrogen (secondary N) is 1. The monoisotopic (exact) mass is 316 g/mol. The van der Waals surface area contributed by atoms with Gasteiger partial charge in [-0.2, -0.15) is 11.8 Å². The zero-order chi connectivity index (χ0) is 14.8. The van der Waals surface area contributed by atoms with Gasteiger partial charge in [0, 0.05) is 18.2 Å². The first kappa shape index (κ1) is 16.6. The van der Waals surface area contributed by atoms with Crippen LogP contribution in [0.4, 0.5) is 8.78 Å². The maximum atomic E-state index is 13.4. The molecule has 2 atom stereocenters. The van der Waals surface area contributed by atoms with Crippen molar-refractivity contribution in [3.05, 3.63) is 0 Å². The molecule has 9 heteroatoms. The zero-order valence-electron chi connectivity index (χ0n) is 11.0. The largest absolute Gasteiger partial charge is 0.285 e. The molecule has 1 saturated heterocycles. The van der Waals surface area contributed by atoms with Crippen LogP contribution in [0, 0.1) is 0 Å². The molecule has 0 radical (unpaired) electrons. The van der Waals surface area contributed by atoms with Crippen molar-refractivity contribution in [1.29, 1.82) is 0 Å². The standard InChI is InChI=1S/C10H18F2N2O3S2/c1-7(18-2)5-14-6-10(11,12)4-8(14)9(15)13-19(3,16)17/h7-8H,4-6H2,1-3H3,(H,13,15). The molecular weight excluding hydrogens is 298 g/mol. The molecule has 0 aromatic carbocycles. The fraction of sp³-hybridized carbons (Fsp3) is 0.900. The minimum Gasteiger partial charge on any atom is -0.285 e. The molecule has 1 aliphatic heterocycles. The van der Waals surface area contributed by atoms with E-state index in [9.17, 15) is 22.0 Å². The van der Waals surface area contributed by atoms with Crippen molar-refractivity contribution in [3.8, 4) is 0 Å². The Hall–Kier alpha value is -0.410. The predicted octanol–water partition coefficient (Wildman–Crippen LogP) is 0.523. The first-order chi connectivity index (χ1) is 8.54. The van der Waals surface area contributed by atoms with E-state index in [-0.39, 0.29) is 5.25 Å². The summed E-state index contributed by atoms with van der Waals surface area (Å²) in [6, 6.07) is -1.10. The molecule has 0 aromatic heterocycles. The second-order valence-electron chi connectivity index (χ2n) is 4.79. The lowest BCUT2D eigenvalue weighted by Crippen LogP contribution is -2.46. The summed E-state index contributed by atoms with van der Waals surface area (Å²) in [4.78, 5) is 13.1. The number of carbonyl (C=O) groups excluding carboxylic acids is 1. The van der Waals surface area contributed by atoms with E-state index >= 15 is 0 Å². The molecule has 1 aliphatic rings. The number of hydrogen-bond acceptors (Lipinski definition) is 5. The Balaban J connectivity index is 2.80. The van der Waals surface area contributed by atoms with Gasteiger partial charge in [0.25, 0.3) is 11.8 Å². The molecule has 0 bridgehead atoms. The number of rotatable bonds is 5. The maximum absolute atomic E-state index is 13.4. The average molecular weight is 316 g/mol. The molecule has 1 fully saturated rings. The Kier molecular flexibility index (Phi) is 5.19. The number of sulfonamides is 1. The highest BCUT2D eigenvalue weighted by Gasteiger charge is 2.48. The normalized spacial score (nSPS) is 25.2. The molecule has 2 unspecified atom stereocenters. The summed E-state index contributed by atoms with van der Waals surface area (Å²) in [5.41, 5.74) is 0. The fourth-order valence-corrected chi connectivity index (χ4v) is 2.83. The van der Waals surface area contributed by atoms with E-state index in [1.54, 1.807) is 4.72 Å². The summed E-state index contributed by atoms with van der Waals surface area (Å²) in [7, 11) is -3.73. The number of nitrogens with zero attached hydrogens (tertiary/aromatic N) is 1. The topological polar surface area (TPSA) is 66.5 Å².